The second-order valence-electron chi connectivity index (χ2n) is 4.39. The molecular weight excluding hydrogens is 240 g/mol. The van der Waals surface area contributed by atoms with Gasteiger partial charge in [-0.1, -0.05) is 12.1 Å². The molecule has 2 aromatic rings. The average Bonchev–Trinajstić information content (AvgIpc) is 2.74. The summed E-state index contributed by atoms with van der Waals surface area (Å²) in [4.78, 5) is 4.30. The molecule has 0 aliphatic rings. The molecule has 0 spiro atoms. The van der Waals surface area contributed by atoms with Crippen molar-refractivity contribution in [3.8, 4) is 5.75 Å². The number of hydrazine groups is 1. The second kappa shape index (κ2) is 5.86. The summed E-state index contributed by atoms with van der Waals surface area (Å²) < 4.78 is 7.47. The van der Waals surface area contributed by atoms with Gasteiger partial charge in [-0.2, -0.15) is 0 Å². The normalized spacial score (nSPS) is 12.4. The van der Waals surface area contributed by atoms with Crippen LogP contribution in [0.2, 0.25) is 0 Å². The molecule has 0 bridgehead atoms. The molecule has 0 aliphatic heterocycles. The molecule has 3 N–H and O–H groups in total. The van der Waals surface area contributed by atoms with Gasteiger partial charge in [-0.25, -0.2) is 10.4 Å². The lowest BCUT2D eigenvalue weighted by molar-refractivity contribution is 0.340. The minimum Gasteiger partial charge on any atom is -0.494 e. The summed E-state index contributed by atoms with van der Waals surface area (Å²) in [5.74, 6) is 7.51. The van der Waals surface area contributed by atoms with Crippen LogP contribution in [0.15, 0.2) is 30.5 Å². The summed E-state index contributed by atoms with van der Waals surface area (Å²) in [5, 5.41) is 0. The Kier molecular flexibility index (Phi) is 4.19. The highest BCUT2D eigenvalue weighted by Gasteiger charge is 2.16. The van der Waals surface area contributed by atoms with Crippen molar-refractivity contribution in [2.24, 2.45) is 12.9 Å². The molecule has 0 radical (unpaired) electrons. The van der Waals surface area contributed by atoms with Gasteiger partial charge in [0.1, 0.15) is 11.6 Å². The zero-order valence-electron chi connectivity index (χ0n) is 11.6. The van der Waals surface area contributed by atoms with Crippen LogP contribution in [0.5, 0.6) is 5.75 Å². The van der Waals surface area contributed by atoms with Crippen LogP contribution in [0.25, 0.3) is 0 Å². The van der Waals surface area contributed by atoms with E-state index in [1.54, 1.807) is 0 Å². The molecule has 0 fully saturated rings. The topological polar surface area (TPSA) is 65.1 Å². The fourth-order valence-corrected chi connectivity index (χ4v) is 2.06. The fraction of sp³-hybridized carbons (Fsp3) is 0.357. The molecule has 0 aliphatic carbocycles. The van der Waals surface area contributed by atoms with E-state index < -0.39 is 0 Å². The van der Waals surface area contributed by atoms with E-state index in [0.717, 1.165) is 22.8 Å². The Balaban J connectivity index is 2.29. The molecule has 1 aromatic carbocycles. The highest BCUT2D eigenvalue weighted by atomic mass is 16.5. The summed E-state index contributed by atoms with van der Waals surface area (Å²) in [6.45, 7) is 4.60. The number of ether oxygens (including phenoxy) is 1. The number of benzene rings is 1. The van der Waals surface area contributed by atoms with Gasteiger partial charge in [0, 0.05) is 7.05 Å². The van der Waals surface area contributed by atoms with Gasteiger partial charge in [0.25, 0.3) is 0 Å². The van der Waals surface area contributed by atoms with Gasteiger partial charge in [-0.3, -0.25) is 5.84 Å². The summed E-state index contributed by atoms with van der Waals surface area (Å²) >= 11 is 0. The molecule has 19 heavy (non-hydrogen) atoms. The van der Waals surface area contributed by atoms with Crippen molar-refractivity contribution in [2.75, 3.05) is 6.61 Å². The van der Waals surface area contributed by atoms with Crippen LogP contribution in [-0.2, 0) is 7.05 Å². The summed E-state index contributed by atoms with van der Waals surface area (Å²) in [7, 11) is 1.98. The maximum atomic E-state index is 5.69. The molecule has 5 heteroatoms. The van der Waals surface area contributed by atoms with Crippen LogP contribution in [-0.4, -0.2) is 16.2 Å². The molecule has 5 nitrogen and oxygen atoms in total. The van der Waals surface area contributed by atoms with Crippen molar-refractivity contribution >= 4 is 0 Å². The van der Waals surface area contributed by atoms with E-state index in [-0.39, 0.29) is 6.04 Å². The molecular formula is C14H20N4O. The number of aryl methyl sites for hydroxylation is 1. The van der Waals surface area contributed by atoms with Crippen LogP contribution in [0.3, 0.4) is 0 Å². The van der Waals surface area contributed by atoms with E-state index in [2.05, 4.69) is 10.4 Å². The first-order chi connectivity index (χ1) is 9.17. The van der Waals surface area contributed by atoms with Crippen molar-refractivity contribution < 1.29 is 4.74 Å². The summed E-state index contributed by atoms with van der Waals surface area (Å²) in [6.07, 6.45) is 1.84. The number of imidazole rings is 1. The summed E-state index contributed by atoms with van der Waals surface area (Å²) in [6, 6.07) is 7.84. The van der Waals surface area contributed by atoms with Crippen LogP contribution in [0.1, 0.15) is 30.0 Å². The smallest absolute Gasteiger partial charge is 0.119 e. The first kappa shape index (κ1) is 13.6. The Labute approximate surface area is 113 Å². The Morgan fingerprint density at radius 3 is 2.53 bits per heavy atom. The lowest BCUT2D eigenvalue weighted by Gasteiger charge is -2.17. The minimum absolute atomic E-state index is 0.0816. The van der Waals surface area contributed by atoms with E-state index >= 15 is 0 Å². The molecule has 1 atom stereocenters. The van der Waals surface area contributed by atoms with E-state index in [9.17, 15) is 0 Å². The van der Waals surface area contributed by atoms with Crippen molar-refractivity contribution in [3.05, 3.63) is 47.5 Å². The zero-order valence-corrected chi connectivity index (χ0v) is 11.6. The van der Waals surface area contributed by atoms with Gasteiger partial charge in [0.15, 0.2) is 0 Å². The Hall–Kier alpha value is -1.85. The highest BCUT2D eigenvalue weighted by molar-refractivity contribution is 5.33. The van der Waals surface area contributed by atoms with E-state index in [4.69, 9.17) is 10.6 Å². The second-order valence-corrected chi connectivity index (χ2v) is 4.39. The molecule has 102 valence electrons. The number of aromatic nitrogens is 2. The molecule has 0 saturated heterocycles. The van der Waals surface area contributed by atoms with Crippen molar-refractivity contribution in [2.45, 2.75) is 19.9 Å². The van der Waals surface area contributed by atoms with Crippen LogP contribution in [0.4, 0.5) is 0 Å². The van der Waals surface area contributed by atoms with E-state index in [1.165, 1.54) is 0 Å². The molecule has 0 amide bonds. The third-order valence-electron chi connectivity index (χ3n) is 3.24. The predicted molar refractivity (Wildman–Crippen MR) is 74.7 cm³/mol. The third-order valence-corrected chi connectivity index (χ3v) is 3.24. The van der Waals surface area contributed by atoms with Gasteiger partial charge in [-0.05, 0) is 31.5 Å². The summed E-state index contributed by atoms with van der Waals surface area (Å²) in [5.41, 5.74) is 4.95. The highest BCUT2D eigenvalue weighted by Crippen LogP contribution is 2.23. The number of nitrogens with zero attached hydrogens (tertiary/aromatic N) is 2. The van der Waals surface area contributed by atoms with Crippen molar-refractivity contribution in [3.63, 3.8) is 0 Å². The van der Waals surface area contributed by atoms with E-state index in [1.807, 2.05) is 55.9 Å². The molecule has 0 saturated carbocycles. The lowest BCUT2D eigenvalue weighted by atomic mass is 10.0. The molecule has 1 unspecified atom stereocenters. The Morgan fingerprint density at radius 2 is 2.05 bits per heavy atom. The van der Waals surface area contributed by atoms with Gasteiger partial charge < -0.3 is 9.30 Å². The number of rotatable bonds is 5. The van der Waals surface area contributed by atoms with Gasteiger partial charge >= 0.3 is 0 Å². The molecule has 2 rings (SSSR count). The predicted octanol–water partition coefficient (Wildman–Crippen LogP) is 1.68. The lowest BCUT2D eigenvalue weighted by Crippen LogP contribution is -2.30. The average molecular weight is 260 g/mol. The largest absolute Gasteiger partial charge is 0.494 e. The number of hydrogen-bond acceptors (Lipinski definition) is 4. The maximum absolute atomic E-state index is 5.69. The number of nitrogens with one attached hydrogen (secondary N) is 1. The van der Waals surface area contributed by atoms with Crippen LogP contribution in [0, 0.1) is 6.92 Å². The van der Waals surface area contributed by atoms with Crippen molar-refractivity contribution in [1.82, 2.24) is 15.0 Å². The monoisotopic (exact) mass is 260 g/mol. The zero-order chi connectivity index (χ0) is 13.8. The quantitative estimate of drug-likeness (QED) is 0.634. The molecule has 1 heterocycles. The standard InChI is InChI=1S/C14H20N4O/c1-4-19-12-7-5-11(6-8-12)14(17-15)13-9-16-10(2)18(13)3/h5-9,14,17H,4,15H2,1-3H3. The van der Waals surface area contributed by atoms with Gasteiger partial charge in [-0.15, -0.1) is 0 Å². The first-order valence-electron chi connectivity index (χ1n) is 6.34. The SMILES string of the molecule is CCOc1ccc(C(NN)c2cnc(C)n2C)cc1. The van der Waals surface area contributed by atoms with E-state index in [0.29, 0.717) is 6.61 Å². The van der Waals surface area contributed by atoms with Crippen LogP contribution >= 0.6 is 0 Å². The Bertz CT molecular complexity index is 533. The Morgan fingerprint density at radius 1 is 1.37 bits per heavy atom. The minimum atomic E-state index is -0.0816. The molecule has 1 aromatic heterocycles. The van der Waals surface area contributed by atoms with Crippen LogP contribution < -0.4 is 16.0 Å². The van der Waals surface area contributed by atoms with Gasteiger partial charge in [0.2, 0.25) is 0 Å². The van der Waals surface area contributed by atoms with Crippen molar-refractivity contribution in [1.29, 1.82) is 0 Å². The number of hydrogen-bond donors (Lipinski definition) is 2. The first-order valence-corrected chi connectivity index (χ1v) is 6.34. The fourth-order valence-electron chi connectivity index (χ4n) is 2.06. The van der Waals surface area contributed by atoms with Gasteiger partial charge in [0.05, 0.1) is 24.5 Å². The third kappa shape index (κ3) is 2.77. The maximum Gasteiger partial charge on any atom is 0.119 e. The number of nitrogens with two attached hydrogens (primary N) is 1.